The van der Waals surface area contributed by atoms with Gasteiger partial charge in [-0.1, -0.05) is 12.1 Å². The van der Waals surface area contributed by atoms with Crippen LogP contribution in [0.1, 0.15) is 35.1 Å². The van der Waals surface area contributed by atoms with Gasteiger partial charge in [0.05, 0.1) is 30.4 Å². The van der Waals surface area contributed by atoms with Gasteiger partial charge in [0.2, 0.25) is 0 Å². The number of benzene rings is 1. The number of piperidine rings is 1. The highest BCUT2D eigenvalue weighted by molar-refractivity contribution is 5.97. The van der Waals surface area contributed by atoms with Gasteiger partial charge in [-0.05, 0) is 50.7 Å². The predicted octanol–water partition coefficient (Wildman–Crippen LogP) is 3.72. The molecule has 0 unspecified atom stereocenters. The first-order valence-corrected chi connectivity index (χ1v) is 10.7. The summed E-state index contributed by atoms with van der Waals surface area (Å²) in [5.74, 6) is -0.418. The largest absolute Gasteiger partial charge is 0.306 e. The number of nitrogens with zero attached hydrogens (tertiary/aromatic N) is 6. The van der Waals surface area contributed by atoms with E-state index in [4.69, 9.17) is 0 Å². The SMILES string of the molecule is CN1CCC(n2cc(-c3ccc4cnc(CC(=O)c5cncc(F)c5)nc4c3)cn2)CC1. The molecule has 0 amide bonds. The van der Waals surface area contributed by atoms with Crippen LogP contribution < -0.4 is 0 Å². The van der Waals surface area contributed by atoms with E-state index in [2.05, 4.69) is 42.9 Å². The van der Waals surface area contributed by atoms with Gasteiger partial charge in [-0.25, -0.2) is 14.4 Å². The standard InChI is InChI=1S/C24H23FN6O/c1-30-6-4-21(5-7-30)31-15-19(13-28-31)16-2-3-17-12-27-24(29-22(17)9-16)10-23(32)18-8-20(25)14-26-11-18/h2-3,8-9,11-15,21H,4-7,10H2,1H3. The number of hydrogen-bond donors (Lipinski definition) is 0. The van der Waals surface area contributed by atoms with Crippen LogP contribution >= 0.6 is 0 Å². The Bertz CT molecular complexity index is 1280. The van der Waals surface area contributed by atoms with Crippen molar-refractivity contribution in [3.63, 3.8) is 0 Å². The number of fused-ring (bicyclic) bond motifs is 1. The highest BCUT2D eigenvalue weighted by Crippen LogP contribution is 2.27. The number of aromatic nitrogens is 5. The fourth-order valence-corrected chi connectivity index (χ4v) is 4.08. The molecule has 5 rings (SSSR count). The van der Waals surface area contributed by atoms with Crippen LogP contribution in [0.5, 0.6) is 0 Å². The number of Topliss-reactive ketones (excluding diaryl/α,β-unsaturated/α-hetero) is 1. The minimum Gasteiger partial charge on any atom is -0.306 e. The van der Waals surface area contributed by atoms with Crippen LogP contribution in [0.3, 0.4) is 0 Å². The number of carbonyl (C=O) groups is 1. The van der Waals surface area contributed by atoms with Crippen LogP contribution in [-0.4, -0.2) is 55.6 Å². The van der Waals surface area contributed by atoms with Crippen LogP contribution in [0.4, 0.5) is 4.39 Å². The Morgan fingerprint density at radius 3 is 2.75 bits per heavy atom. The number of likely N-dealkylation sites (tertiary alicyclic amines) is 1. The minimum absolute atomic E-state index is 0.0145. The van der Waals surface area contributed by atoms with Crippen LogP contribution in [0, 0.1) is 5.82 Å². The molecule has 0 radical (unpaired) electrons. The number of halogens is 1. The van der Waals surface area contributed by atoms with E-state index in [1.54, 1.807) is 6.20 Å². The number of rotatable bonds is 5. The van der Waals surface area contributed by atoms with Gasteiger partial charge < -0.3 is 4.90 Å². The van der Waals surface area contributed by atoms with Gasteiger partial charge in [0.15, 0.2) is 5.78 Å². The molecule has 4 heterocycles. The normalized spacial score (nSPS) is 15.3. The first kappa shape index (κ1) is 20.4. The third kappa shape index (κ3) is 4.27. The molecule has 1 aromatic carbocycles. The lowest BCUT2D eigenvalue weighted by molar-refractivity contribution is 0.0990. The Balaban J connectivity index is 1.37. The molecule has 0 bridgehead atoms. The van der Waals surface area contributed by atoms with Crippen molar-refractivity contribution in [1.29, 1.82) is 0 Å². The van der Waals surface area contributed by atoms with E-state index >= 15 is 0 Å². The summed E-state index contributed by atoms with van der Waals surface area (Å²) in [6.07, 6.45) is 10.3. The molecule has 1 aliphatic rings. The smallest absolute Gasteiger partial charge is 0.172 e. The zero-order valence-corrected chi connectivity index (χ0v) is 17.8. The Morgan fingerprint density at radius 2 is 1.94 bits per heavy atom. The maximum atomic E-state index is 13.4. The van der Waals surface area contributed by atoms with Crippen LogP contribution in [-0.2, 0) is 6.42 Å². The lowest BCUT2D eigenvalue weighted by atomic mass is 10.1. The molecule has 3 aromatic heterocycles. The van der Waals surface area contributed by atoms with Gasteiger partial charge >= 0.3 is 0 Å². The molecule has 1 fully saturated rings. The van der Waals surface area contributed by atoms with Gasteiger partial charge in [0, 0.05) is 35.1 Å². The van der Waals surface area contributed by atoms with Crippen LogP contribution in [0.25, 0.3) is 22.0 Å². The van der Waals surface area contributed by atoms with E-state index < -0.39 is 5.82 Å². The van der Waals surface area contributed by atoms with Gasteiger partial charge in [-0.15, -0.1) is 0 Å². The lowest BCUT2D eigenvalue weighted by Crippen LogP contribution is -2.31. The fourth-order valence-electron chi connectivity index (χ4n) is 4.08. The second-order valence-electron chi connectivity index (χ2n) is 8.30. The third-order valence-electron chi connectivity index (χ3n) is 5.98. The first-order chi connectivity index (χ1) is 15.5. The van der Waals surface area contributed by atoms with Crippen molar-refractivity contribution in [3.05, 3.63) is 72.5 Å². The molecule has 0 aliphatic carbocycles. The van der Waals surface area contributed by atoms with Gasteiger partial charge in [-0.2, -0.15) is 5.10 Å². The highest BCUT2D eigenvalue weighted by Gasteiger charge is 2.19. The molecule has 8 heteroatoms. The van der Waals surface area contributed by atoms with Crippen molar-refractivity contribution in [2.24, 2.45) is 0 Å². The molecule has 0 N–H and O–H groups in total. The monoisotopic (exact) mass is 430 g/mol. The van der Waals surface area contributed by atoms with E-state index in [-0.39, 0.29) is 17.8 Å². The molecule has 0 saturated carbocycles. The molecule has 4 aromatic rings. The summed E-state index contributed by atoms with van der Waals surface area (Å²) >= 11 is 0. The Morgan fingerprint density at radius 1 is 1.09 bits per heavy atom. The fraction of sp³-hybridized carbons (Fsp3) is 0.292. The summed E-state index contributed by atoms with van der Waals surface area (Å²) < 4.78 is 15.4. The molecule has 32 heavy (non-hydrogen) atoms. The zero-order chi connectivity index (χ0) is 22.1. The van der Waals surface area contributed by atoms with Crippen LogP contribution in [0.15, 0.2) is 55.2 Å². The average Bonchev–Trinajstić information content (AvgIpc) is 3.29. The van der Waals surface area contributed by atoms with E-state index in [1.165, 1.54) is 12.3 Å². The summed E-state index contributed by atoms with van der Waals surface area (Å²) in [7, 11) is 2.15. The summed E-state index contributed by atoms with van der Waals surface area (Å²) in [4.78, 5) is 27.4. The summed E-state index contributed by atoms with van der Waals surface area (Å²) in [6.45, 7) is 2.17. The molecule has 1 saturated heterocycles. The van der Waals surface area contributed by atoms with Crippen molar-refractivity contribution in [2.75, 3.05) is 20.1 Å². The minimum atomic E-state index is -0.541. The Hall–Kier alpha value is -3.52. The molecular formula is C24H23FN6O. The molecule has 0 atom stereocenters. The van der Waals surface area contributed by atoms with Crippen molar-refractivity contribution in [1.82, 2.24) is 29.6 Å². The molecular weight excluding hydrogens is 407 g/mol. The van der Waals surface area contributed by atoms with Gasteiger partial charge in [0.1, 0.15) is 11.6 Å². The Kier molecular flexibility index (Phi) is 5.45. The number of pyridine rings is 1. The van der Waals surface area contributed by atoms with Gasteiger partial charge in [0.25, 0.3) is 0 Å². The maximum absolute atomic E-state index is 13.4. The van der Waals surface area contributed by atoms with E-state index in [9.17, 15) is 9.18 Å². The Labute approximate surface area is 184 Å². The van der Waals surface area contributed by atoms with Crippen LogP contribution in [0.2, 0.25) is 0 Å². The summed E-state index contributed by atoms with van der Waals surface area (Å²) in [5.41, 5.74) is 3.02. The predicted molar refractivity (Wildman–Crippen MR) is 119 cm³/mol. The van der Waals surface area contributed by atoms with Crippen molar-refractivity contribution in [3.8, 4) is 11.1 Å². The molecule has 162 valence electrons. The second-order valence-corrected chi connectivity index (χ2v) is 8.30. The van der Waals surface area contributed by atoms with E-state index in [0.717, 1.165) is 54.2 Å². The quantitative estimate of drug-likeness (QED) is 0.449. The van der Waals surface area contributed by atoms with Gasteiger partial charge in [-0.3, -0.25) is 14.5 Å². The molecule has 0 spiro atoms. The van der Waals surface area contributed by atoms with Crippen molar-refractivity contribution < 1.29 is 9.18 Å². The molecule has 1 aliphatic heterocycles. The highest BCUT2D eigenvalue weighted by atomic mass is 19.1. The van der Waals surface area contributed by atoms with E-state index in [0.29, 0.717) is 11.9 Å². The topological polar surface area (TPSA) is 76.8 Å². The number of ketones is 1. The number of hydrogen-bond acceptors (Lipinski definition) is 6. The summed E-state index contributed by atoms with van der Waals surface area (Å²) in [6, 6.07) is 7.60. The molecule has 7 nitrogen and oxygen atoms in total. The zero-order valence-electron chi connectivity index (χ0n) is 17.8. The second kappa shape index (κ2) is 8.55. The van der Waals surface area contributed by atoms with E-state index in [1.807, 2.05) is 24.4 Å². The first-order valence-electron chi connectivity index (χ1n) is 10.7. The average molecular weight is 430 g/mol. The van der Waals surface area contributed by atoms with Crippen molar-refractivity contribution in [2.45, 2.75) is 25.3 Å². The lowest BCUT2D eigenvalue weighted by Gasteiger charge is -2.28. The number of carbonyl (C=O) groups excluding carboxylic acids is 1. The van der Waals surface area contributed by atoms with Crippen molar-refractivity contribution >= 4 is 16.7 Å². The summed E-state index contributed by atoms with van der Waals surface area (Å²) in [5, 5.41) is 5.49. The maximum Gasteiger partial charge on any atom is 0.172 e. The third-order valence-corrected chi connectivity index (χ3v) is 5.98.